The fraction of sp³-hybridized carbons (Fsp3) is 0.833. The molecule has 2 N–H and O–H groups in total. The molecule has 2 aliphatic rings. The maximum atomic E-state index is 11.0. The SMILES string of the molecule is NC12OCCC1C(=O)CO2. The molecular formula is C6H9NO3. The third kappa shape index (κ3) is 0.637. The number of carbonyl (C=O) groups is 1. The Morgan fingerprint density at radius 3 is 3.10 bits per heavy atom. The molecule has 10 heavy (non-hydrogen) atoms. The molecule has 0 aliphatic carbocycles. The lowest BCUT2D eigenvalue weighted by molar-refractivity contribution is -0.191. The van der Waals surface area contributed by atoms with Crippen LogP contribution in [0.5, 0.6) is 0 Å². The van der Waals surface area contributed by atoms with Crippen molar-refractivity contribution in [3.8, 4) is 0 Å². The first-order valence-corrected chi connectivity index (χ1v) is 3.32. The normalized spacial score (nSPS) is 46.1. The highest BCUT2D eigenvalue weighted by molar-refractivity contribution is 5.85. The Bertz CT molecular complexity index is 182. The average Bonchev–Trinajstić information content (AvgIpc) is 2.35. The van der Waals surface area contributed by atoms with Gasteiger partial charge in [0, 0.05) is 0 Å². The smallest absolute Gasteiger partial charge is 0.235 e. The van der Waals surface area contributed by atoms with Crippen molar-refractivity contribution in [3.05, 3.63) is 0 Å². The summed E-state index contributed by atoms with van der Waals surface area (Å²) in [5.41, 5.74) is 5.59. The molecule has 0 aromatic heterocycles. The molecule has 56 valence electrons. The van der Waals surface area contributed by atoms with E-state index in [1.165, 1.54) is 0 Å². The molecule has 0 aromatic rings. The molecule has 2 atom stereocenters. The maximum Gasteiger partial charge on any atom is 0.235 e. The summed E-state index contributed by atoms with van der Waals surface area (Å²) in [4.78, 5) is 11.0. The summed E-state index contributed by atoms with van der Waals surface area (Å²) in [6.45, 7) is 0.647. The van der Waals surface area contributed by atoms with E-state index in [0.717, 1.165) is 0 Å². The zero-order chi connectivity index (χ0) is 7.19. The molecule has 2 rings (SSSR count). The highest BCUT2D eigenvalue weighted by Gasteiger charge is 2.51. The standard InChI is InChI=1S/C6H9NO3/c7-6-4(1-2-9-6)5(8)3-10-6/h4H,1-3,7H2. The van der Waals surface area contributed by atoms with Gasteiger partial charge >= 0.3 is 0 Å². The number of hydrogen-bond donors (Lipinski definition) is 1. The molecule has 0 aromatic carbocycles. The Morgan fingerprint density at radius 2 is 2.40 bits per heavy atom. The molecule has 2 saturated heterocycles. The minimum absolute atomic E-state index is 0.0694. The molecule has 2 fully saturated rings. The van der Waals surface area contributed by atoms with E-state index in [2.05, 4.69) is 0 Å². The molecule has 2 heterocycles. The summed E-state index contributed by atoms with van der Waals surface area (Å²) in [5, 5.41) is 0. The maximum absolute atomic E-state index is 11.0. The van der Waals surface area contributed by atoms with Gasteiger partial charge in [0.05, 0.1) is 12.5 Å². The second-order valence-electron chi connectivity index (χ2n) is 2.67. The Morgan fingerprint density at radius 1 is 1.60 bits per heavy atom. The van der Waals surface area contributed by atoms with Crippen LogP contribution in [-0.4, -0.2) is 24.9 Å². The van der Waals surface area contributed by atoms with Gasteiger partial charge in [-0.2, -0.15) is 0 Å². The minimum Gasteiger partial charge on any atom is -0.337 e. The zero-order valence-electron chi connectivity index (χ0n) is 5.50. The fourth-order valence-electron chi connectivity index (χ4n) is 1.45. The van der Waals surface area contributed by atoms with Crippen LogP contribution in [0.25, 0.3) is 0 Å². The monoisotopic (exact) mass is 143 g/mol. The van der Waals surface area contributed by atoms with Crippen LogP contribution in [0.2, 0.25) is 0 Å². The molecule has 0 amide bonds. The average molecular weight is 143 g/mol. The van der Waals surface area contributed by atoms with Crippen molar-refractivity contribution in [1.29, 1.82) is 0 Å². The van der Waals surface area contributed by atoms with Crippen molar-refractivity contribution in [1.82, 2.24) is 0 Å². The van der Waals surface area contributed by atoms with Gasteiger partial charge in [-0.05, 0) is 6.42 Å². The Labute approximate surface area is 58.3 Å². The number of rotatable bonds is 0. The predicted octanol–water partition coefficient (Wildman–Crippen LogP) is -0.765. The number of ether oxygens (including phenoxy) is 2. The molecule has 0 radical (unpaired) electrons. The van der Waals surface area contributed by atoms with Gasteiger partial charge in [-0.1, -0.05) is 0 Å². The summed E-state index contributed by atoms with van der Waals surface area (Å²) < 4.78 is 10.1. The van der Waals surface area contributed by atoms with Crippen LogP contribution >= 0.6 is 0 Å². The number of hydrogen-bond acceptors (Lipinski definition) is 4. The van der Waals surface area contributed by atoms with Crippen molar-refractivity contribution < 1.29 is 14.3 Å². The van der Waals surface area contributed by atoms with Gasteiger partial charge in [0.25, 0.3) is 0 Å². The second-order valence-corrected chi connectivity index (χ2v) is 2.67. The minimum atomic E-state index is -1.07. The molecule has 0 bridgehead atoms. The molecule has 0 saturated carbocycles. The van der Waals surface area contributed by atoms with Crippen molar-refractivity contribution in [2.45, 2.75) is 12.3 Å². The lowest BCUT2D eigenvalue weighted by atomic mass is 10.0. The first kappa shape index (κ1) is 6.27. The molecule has 4 nitrogen and oxygen atoms in total. The van der Waals surface area contributed by atoms with Gasteiger partial charge in [0.2, 0.25) is 5.91 Å². The lowest BCUT2D eigenvalue weighted by Gasteiger charge is -2.19. The molecule has 2 aliphatic heterocycles. The largest absolute Gasteiger partial charge is 0.337 e. The van der Waals surface area contributed by atoms with E-state index in [9.17, 15) is 4.79 Å². The quantitative estimate of drug-likeness (QED) is 0.484. The van der Waals surface area contributed by atoms with Gasteiger partial charge in [0.1, 0.15) is 6.61 Å². The van der Waals surface area contributed by atoms with Crippen molar-refractivity contribution in [2.24, 2.45) is 11.7 Å². The van der Waals surface area contributed by atoms with E-state index >= 15 is 0 Å². The number of ketones is 1. The van der Waals surface area contributed by atoms with Crippen LogP contribution in [0.15, 0.2) is 0 Å². The summed E-state index contributed by atoms with van der Waals surface area (Å²) >= 11 is 0. The molecule has 0 spiro atoms. The van der Waals surface area contributed by atoms with Crippen LogP contribution in [0, 0.1) is 5.92 Å². The topological polar surface area (TPSA) is 61.5 Å². The molecule has 4 heteroatoms. The molecular weight excluding hydrogens is 134 g/mol. The van der Waals surface area contributed by atoms with E-state index in [4.69, 9.17) is 15.2 Å². The van der Waals surface area contributed by atoms with E-state index < -0.39 is 5.91 Å². The molecule has 2 unspecified atom stereocenters. The van der Waals surface area contributed by atoms with E-state index in [-0.39, 0.29) is 18.3 Å². The highest BCUT2D eigenvalue weighted by Crippen LogP contribution is 2.34. The summed E-state index contributed by atoms with van der Waals surface area (Å²) in [6.07, 6.45) is 0.704. The Balaban J connectivity index is 2.27. The number of Topliss-reactive ketones (excluding diaryl/α,β-unsaturated/α-hetero) is 1. The zero-order valence-corrected chi connectivity index (χ0v) is 5.50. The number of carbonyl (C=O) groups excluding carboxylic acids is 1. The van der Waals surface area contributed by atoms with Crippen LogP contribution in [-0.2, 0) is 14.3 Å². The van der Waals surface area contributed by atoms with E-state index in [1.54, 1.807) is 0 Å². The summed E-state index contributed by atoms with van der Waals surface area (Å²) in [7, 11) is 0. The van der Waals surface area contributed by atoms with E-state index in [0.29, 0.717) is 13.0 Å². The number of fused-ring (bicyclic) bond motifs is 1. The van der Waals surface area contributed by atoms with Crippen LogP contribution in [0.4, 0.5) is 0 Å². The first-order chi connectivity index (χ1) is 4.72. The van der Waals surface area contributed by atoms with Crippen LogP contribution < -0.4 is 5.73 Å². The third-order valence-corrected chi connectivity index (χ3v) is 2.05. The van der Waals surface area contributed by atoms with Gasteiger partial charge in [-0.25, -0.2) is 0 Å². The van der Waals surface area contributed by atoms with Gasteiger partial charge in [-0.3, -0.25) is 10.5 Å². The van der Waals surface area contributed by atoms with Gasteiger partial charge < -0.3 is 9.47 Å². The van der Waals surface area contributed by atoms with Crippen LogP contribution in [0.1, 0.15) is 6.42 Å². The van der Waals surface area contributed by atoms with Gasteiger partial charge in [0.15, 0.2) is 5.78 Å². The Hall–Kier alpha value is -0.450. The third-order valence-electron chi connectivity index (χ3n) is 2.05. The Kier molecular flexibility index (Phi) is 1.12. The van der Waals surface area contributed by atoms with E-state index in [1.807, 2.05) is 0 Å². The van der Waals surface area contributed by atoms with Crippen LogP contribution in [0.3, 0.4) is 0 Å². The summed E-state index contributed by atoms with van der Waals surface area (Å²) in [5.74, 6) is -1.22. The van der Waals surface area contributed by atoms with Crippen molar-refractivity contribution >= 4 is 5.78 Å². The summed E-state index contributed by atoms with van der Waals surface area (Å²) in [6, 6.07) is 0. The lowest BCUT2D eigenvalue weighted by Crippen LogP contribution is -2.44. The van der Waals surface area contributed by atoms with Crippen molar-refractivity contribution in [3.63, 3.8) is 0 Å². The fourth-order valence-corrected chi connectivity index (χ4v) is 1.45. The second kappa shape index (κ2) is 1.78. The van der Waals surface area contributed by atoms with Crippen molar-refractivity contribution in [2.75, 3.05) is 13.2 Å². The first-order valence-electron chi connectivity index (χ1n) is 3.32. The van der Waals surface area contributed by atoms with Gasteiger partial charge in [-0.15, -0.1) is 0 Å². The number of nitrogens with two attached hydrogens (primary N) is 1. The highest BCUT2D eigenvalue weighted by atomic mass is 16.7. The predicted molar refractivity (Wildman–Crippen MR) is 31.9 cm³/mol.